The monoisotopic (exact) mass is 356 g/mol. The van der Waals surface area contributed by atoms with Crippen molar-refractivity contribution >= 4 is 40.1 Å². The fourth-order valence-corrected chi connectivity index (χ4v) is 2.78. The molecule has 0 radical (unpaired) electrons. The van der Waals surface area contributed by atoms with E-state index in [2.05, 4.69) is 5.32 Å². The predicted molar refractivity (Wildman–Crippen MR) is 98.4 cm³/mol. The molecule has 1 N–H and O–H groups in total. The Labute approximate surface area is 150 Å². The summed E-state index contributed by atoms with van der Waals surface area (Å²) in [6.45, 7) is 1.82. The molecule has 0 spiro atoms. The molecule has 6 heteroatoms. The van der Waals surface area contributed by atoms with Gasteiger partial charge in [0.05, 0.1) is 5.02 Å². The average molecular weight is 357 g/mol. The highest BCUT2D eigenvalue weighted by molar-refractivity contribution is 6.35. The molecule has 2 amide bonds. The van der Waals surface area contributed by atoms with Gasteiger partial charge < -0.3 is 14.6 Å². The van der Waals surface area contributed by atoms with Crippen LogP contribution in [0.2, 0.25) is 5.02 Å². The second-order valence-electron chi connectivity index (χ2n) is 5.90. The number of nitrogens with one attached hydrogen (secondary N) is 1. The number of rotatable bonds is 3. The van der Waals surface area contributed by atoms with E-state index in [1.165, 1.54) is 4.90 Å². The number of para-hydroxylation sites is 1. The standard InChI is InChI=1S/C19H17ClN2O3/c1-11-14-5-4-6-15(20)17(14)25-16(11)18(23)21-13-9-7-12(8-10-13)19(24)22(2)3/h4-10H,1-3H3,(H,21,23). The van der Waals surface area contributed by atoms with Gasteiger partial charge in [0.25, 0.3) is 11.8 Å². The summed E-state index contributed by atoms with van der Waals surface area (Å²) in [5, 5.41) is 4.05. The van der Waals surface area contributed by atoms with Gasteiger partial charge in [0.1, 0.15) is 0 Å². The van der Waals surface area contributed by atoms with E-state index in [0.717, 1.165) is 10.9 Å². The van der Waals surface area contributed by atoms with Crippen molar-refractivity contribution in [1.29, 1.82) is 0 Å². The Balaban J connectivity index is 1.84. The van der Waals surface area contributed by atoms with Crippen LogP contribution in [0.15, 0.2) is 46.9 Å². The van der Waals surface area contributed by atoms with Crippen molar-refractivity contribution in [2.75, 3.05) is 19.4 Å². The van der Waals surface area contributed by atoms with Crippen LogP contribution >= 0.6 is 11.6 Å². The number of carbonyl (C=O) groups is 2. The lowest BCUT2D eigenvalue weighted by atomic mass is 10.1. The second-order valence-corrected chi connectivity index (χ2v) is 6.31. The van der Waals surface area contributed by atoms with Crippen LogP contribution in [-0.2, 0) is 0 Å². The van der Waals surface area contributed by atoms with Crippen LogP contribution in [0.25, 0.3) is 11.0 Å². The predicted octanol–water partition coefficient (Wildman–Crippen LogP) is 4.35. The zero-order chi connectivity index (χ0) is 18.1. The number of hydrogen-bond acceptors (Lipinski definition) is 3. The molecule has 0 unspecified atom stereocenters. The second kappa shape index (κ2) is 6.61. The molecule has 0 aliphatic rings. The number of hydrogen-bond donors (Lipinski definition) is 1. The molecule has 0 saturated heterocycles. The molecule has 0 saturated carbocycles. The topological polar surface area (TPSA) is 62.6 Å². The number of halogens is 1. The lowest BCUT2D eigenvalue weighted by Crippen LogP contribution is -2.21. The molecule has 25 heavy (non-hydrogen) atoms. The minimum atomic E-state index is -0.364. The van der Waals surface area contributed by atoms with Gasteiger partial charge in [-0.05, 0) is 37.3 Å². The molecule has 0 aliphatic heterocycles. The summed E-state index contributed by atoms with van der Waals surface area (Å²) < 4.78 is 5.65. The maximum Gasteiger partial charge on any atom is 0.291 e. The Morgan fingerprint density at radius 1 is 1.08 bits per heavy atom. The third-order valence-corrected chi connectivity index (χ3v) is 4.22. The Kier molecular flexibility index (Phi) is 4.51. The normalized spacial score (nSPS) is 10.7. The van der Waals surface area contributed by atoms with Gasteiger partial charge in [0.2, 0.25) is 0 Å². The fraction of sp³-hybridized carbons (Fsp3) is 0.158. The average Bonchev–Trinajstić information content (AvgIpc) is 2.93. The summed E-state index contributed by atoms with van der Waals surface area (Å²) >= 11 is 6.12. The number of nitrogens with zero attached hydrogens (tertiary/aromatic N) is 1. The summed E-state index contributed by atoms with van der Waals surface area (Å²) in [4.78, 5) is 25.9. The molecule has 0 atom stereocenters. The minimum absolute atomic E-state index is 0.0966. The lowest BCUT2D eigenvalue weighted by molar-refractivity contribution is 0.0827. The molecule has 2 aromatic carbocycles. The van der Waals surface area contributed by atoms with Gasteiger partial charge in [-0.2, -0.15) is 0 Å². The lowest BCUT2D eigenvalue weighted by Gasteiger charge is -2.10. The SMILES string of the molecule is Cc1c(C(=O)Nc2ccc(C(=O)N(C)C)cc2)oc2c(Cl)cccc12. The zero-order valence-electron chi connectivity index (χ0n) is 14.1. The van der Waals surface area contributed by atoms with E-state index in [4.69, 9.17) is 16.0 Å². The van der Waals surface area contributed by atoms with Gasteiger partial charge in [-0.3, -0.25) is 9.59 Å². The number of anilines is 1. The molecule has 5 nitrogen and oxygen atoms in total. The van der Waals surface area contributed by atoms with Gasteiger partial charge in [-0.15, -0.1) is 0 Å². The molecule has 128 valence electrons. The molecule has 3 rings (SSSR count). The Morgan fingerprint density at radius 2 is 1.76 bits per heavy atom. The number of furan rings is 1. The van der Waals surface area contributed by atoms with E-state index in [1.54, 1.807) is 44.4 Å². The highest BCUT2D eigenvalue weighted by atomic mass is 35.5. The van der Waals surface area contributed by atoms with Crippen molar-refractivity contribution in [3.8, 4) is 0 Å². The number of fused-ring (bicyclic) bond motifs is 1. The van der Waals surface area contributed by atoms with Crippen molar-refractivity contribution in [1.82, 2.24) is 4.90 Å². The smallest absolute Gasteiger partial charge is 0.291 e. The number of carbonyl (C=O) groups excluding carboxylic acids is 2. The third-order valence-electron chi connectivity index (χ3n) is 3.92. The van der Waals surface area contributed by atoms with E-state index in [0.29, 0.717) is 21.9 Å². The summed E-state index contributed by atoms with van der Waals surface area (Å²) in [5.41, 5.74) is 2.36. The summed E-state index contributed by atoms with van der Waals surface area (Å²) in [6.07, 6.45) is 0. The van der Waals surface area contributed by atoms with Gasteiger partial charge in [0, 0.05) is 36.3 Å². The van der Waals surface area contributed by atoms with E-state index < -0.39 is 0 Å². The molecule has 1 aromatic heterocycles. The summed E-state index contributed by atoms with van der Waals surface area (Å²) in [7, 11) is 3.38. The zero-order valence-corrected chi connectivity index (χ0v) is 14.8. The molecule has 0 bridgehead atoms. The first kappa shape index (κ1) is 17.0. The molecular formula is C19H17ClN2O3. The van der Waals surface area contributed by atoms with Crippen LogP contribution in [0.5, 0.6) is 0 Å². The van der Waals surface area contributed by atoms with Gasteiger partial charge in [0.15, 0.2) is 11.3 Å². The van der Waals surface area contributed by atoms with Crippen LogP contribution in [0.1, 0.15) is 26.5 Å². The van der Waals surface area contributed by atoms with Crippen molar-refractivity contribution in [3.05, 3.63) is 64.4 Å². The quantitative estimate of drug-likeness (QED) is 0.758. The van der Waals surface area contributed by atoms with Crippen LogP contribution in [0.3, 0.4) is 0 Å². The maximum atomic E-state index is 12.5. The fourth-order valence-electron chi connectivity index (χ4n) is 2.57. The van der Waals surface area contributed by atoms with Gasteiger partial charge >= 0.3 is 0 Å². The highest BCUT2D eigenvalue weighted by Gasteiger charge is 2.19. The van der Waals surface area contributed by atoms with E-state index >= 15 is 0 Å². The van der Waals surface area contributed by atoms with Crippen molar-refractivity contribution in [3.63, 3.8) is 0 Å². The molecule has 1 heterocycles. The minimum Gasteiger partial charge on any atom is -0.449 e. The first-order chi connectivity index (χ1) is 11.9. The molecule has 3 aromatic rings. The molecule has 0 aliphatic carbocycles. The highest BCUT2D eigenvalue weighted by Crippen LogP contribution is 2.31. The van der Waals surface area contributed by atoms with E-state index in [-0.39, 0.29) is 17.6 Å². The van der Waals surface area contributed by atoms with Crippen LogP contribution < -0.4 is 5.32 Å². The van der Waals surface area contributed by atoms with Crippen molar-refractivity contribution in [2.45, 2.75) is 6.92 Å². The van der Waals surface area contributed by atoms with E-state index in [9.17, 15) is 9.59 Å². The largest absolute Gasteiger partial charge is 0.449 e. The van der Waals surface area contributed by atoms with Gasteiger partial charge in [-0.1, -0.05) is 23.7 Å². The van der Waals surface area contributed by atoms with Crippen LogP contribution in [0, 0.1) is 6.92 Å². The molecule has 0 fully saturated rings. The first-order valence-corrected chi connectivity index (χ1v) is 8.07. The summed E-state index contributed by atoms with van der Waals surface area (Å²) in [5.74, 6) is -0.242. The third kappa shape index (κ3) is 3.23. The Bertz CT molecular complexity index is 959. The van der Waals surface area contributed by atoms with Gasteiger partial charge in [-0.25, -0.2) is 0 Å². The number of aryl methyl sites for hydroxylation is 1. The molecular weight excluding hydrogens is 340 g/mol. The van der Waals surface area contributed by atoms with Crippen molar-refractivity contribution < 1.29 is 14.0 Å². The number of benzene rings is 2. The van der Waals surface area contributed by atoms with Crippen LogP contribution in [0.4, 0.5) is 5.69 Å². The number of amides is 2. The first-order valence-electron chi connectivity index (χ1n) is 7.69. The Morgan fingerprint density at radius 3 is 2.36 bits per heavy atom. The van der Waals surface area contributed by atoms with E-state index in [1.807, 2.05) is 19.1 Å². The van der Waals surface area contributed by atoms with Crippen molar-refractivity contribution in [2.24, 2.45) is 0 Å². The van der Waals surface area contributed by atoms with Crippen LogP contribution in [-0.4, -0.2) is 30.8 Å². The summed E-state index contributed by atoms with van der Waals surface area (Å²) in [6, 6.07) is 12.1. The maximum absolute atomic E-state index is 12.5. The Hall–Kier alpha value is -2.79.